The van der Waals surface area contributed by atoms with E-state index in [0.717, 1.165) is 12.1 Å². The van der Waals surface area contributed by atoms with Crippen LogP contribution in [-0.4, -0.2) is 36.2 Å². The van der Waals surface area contributed by atoms with E-state index in [0.29, 0.717) is 25.3 Å². The normalized spacial score (nSPS) is 20.7. The van der Waals surface area contributed by atoms with Crippen molar-refractivity contribution in [3.8, 4) is 0 Å². The van der Waals surface area contributed by atoms with E-state index in [1.165, 1.54) is 6.07 Å². The van der Waals surface area contributed by atoms with Crippen molar-refractivity contribution in [1.82, 2.24) is 4.90 Å². The first-order valence-corrected chi connectivity index (χ1v) is 7.55. The molecule has 1 aliphatic rings. The third-order valence-electron chi connectivity index (χ3n) is 4.02. The zero-order chi connectivity index (χ0) is 15.4. The van der Waals surface area contributed by atoms with Gasteiger partial charge in [0, 0.05) is 25.2 Å². The van der Waals surface area contributed by atoms with E-state index in [1.54, 1.807) is 12.1 Å². The number of rotatable bonds is 4. The second-order valence-electron chi connectivity index (χ2n) is 5.57. The van der Waals surface area contributed by atoms with Crippen molar-refractivity contribution in [2.24, 2.45) is 0 Å². The lowest BCUT2D eigenvalue weighted by atomic mass is 10.1. The van der Waals surface area contributed by atoms with Gasteiger partial charge in [-0.25, -0.2) is 4.39 Å². The average molecular weight is 301 g/mol. The van der Waals surface area contributed by atoms with Crippen LogP contribution in [0.5, 0.6) is 0 Å². The average Bonchev–Trinajstić information content (AvgIpc) is 2.56. The fourth-order valence-corrected chi connectivity index (χ4v) is 2.82. The van der Waals surface area contributed by atoms with Crippen LogP contribution in [0.2, 0.25) is 0 Å². The summed E-state index contributed by atoms with van der Waals surface area (Å²) in [6.07, 6.45) is -0.821. The van der Waals surface area contributed by atoms with Crippen LogP contribution in [-0.2, 0) is 4.74 Å². The summed E-state index contributed by atoms with van der Waals surface area (Å²) in [5, 5.41) is 10.3. The Balaban J connectivity index is 1.65. The van der Waals surface area contributed by atoms with Gasteiger partial charge in [0.15, 0.2) is 0 Å². The van der Waals surface area contributed by atoms with Crippen LogP contribution >= 0.6 is 0 Å². The van der Waals surface area contributed by atoms with Gasteiger partial charge in [0.05, 0.1) is 18.8 Å². The molecule has 0 spiro atoms. The molecule has 0 aromatic heterocycles. The Bertz CT molecular complexity index is 605. The lowest BCUT2D eigenvalue weighted by molar-refractivity contribution is -0.0437. The molecule has 2 unspecified atom stereocenters. The standard InChI is InChI=1S/C18H20FNO2/c19-16-9-5-4-8-15(16)18-13-20(10-11-22-18)12-17(21)14-6-2-1-3-7-14/h1-9,17-18,21H,10-13H2. The maximum absolute atomic E-state index is 13.9. The van der Waals surface area contributed by atoms with Gasteiger partial charge in [-0.05, 0) is 11.6 Å². The number of morpholine rings is 1. The molecule has 1 fully saturated rings. The van der Waals surface area contributed by atoms with E-state index in [4.69, 9.17) is 4.74 Å². The highest BCUT2D eigenvalue weighted by atomic mass is 19.1. The Morgan fingerprint density at radius 3 is 2.64 bits per heavy atom. The van der Waals surface area contributed by atoms with Crippen LogP contribution in [0, 0.1) is 5.82 Å². The number of ether oxygens (including phenoxy) is 1. The molecule has 3 nitrogen and oxygen atoms in total. The molecule has 2 aromatic carbocycles. The summed E-state index contributed by atoms with van der Waals surface area (Å²) in [4.78, 5) is 2.12. The van der Waals surface area contributed by atoms with Gasteiger partial charge in [-0.15, -0.1) is 0 Å². The first-order chi connectivity index (χ1) is 10.7. The maximum Gasteiger partial charge on any atom is 0.129 e. The second-order valence-corrected chi connectivity index (χ2v) is 5.57. The monoisotopic (exact) mass is 301 g/mol. The Kier molecular flexibility index (Phi) is 4.83. The molecule has 0 aliphatic carbocycles. The van der Waals surface area contributed by atoms with E-state index in [-0.39, 0.29) is 11.9 Å². The zero-order valence-corrected chi connectivity index (χ0v) is 12.4. The van der Waals surface area contributed by atoms with Crippen molar-refractivity contribution in [2.45, 2.75) is 12.2 Å². The van der Waals surface area contributed by atoms with Crippen molar-refractivity contribution in [3.05, 3.63) is 71.5 Å². The Morgan fingerprint density at radius 2 is 1.86 bits per heavy atom. The summed E-state index contributed by atoms with van der Waals surface area (Å²) in [6.45, 7) is 2.40. The number of hydrogen-bond donors (Lipinski definition) is 1. The minimum absolute atomic E-state index is 0.238. The predicted molar refractivity (Wildman–Crippen MR) is 82.9 cm³/mol. The van der Waals surface area contributed by atoms with Crippen molar-refractivity contribution >= 4 is 0 Å². The van der Waals surface area contributed by atoms with Gasteiger partial charge >= 0.3 is 0 Å². The maximum atomic E-state index is 13.9. The molecule has 2 atom stereocenters. The number of β-amino-alcohol motifs (C(OH)–C–C–N with tert-alkyl or cyclic N) is 1. The minimum atomic E-state index is -0.541. The van der Waals surface area contributed by atoms with E-state index in [9.17, 15) is 9.50 Å². The topological polar surface area (TPSA) is 32.7 Å². The molecule has 0 amide bonds. The predicted octanol–water partition coefficient (Wildman–Crippen LogP) is 2.93. The SMILES string of the molecule is OC(CN1CCOC(c2ccccc2F)C1)c1ccccc1. The van der Waals surface area contributed by atoms with E-state index < -0.39 is 6.10 Å². The number of hydrogen-bond acceptors (Lipinski definition) is 3. The van der Waals surface area contributed by atoms with Crippen LogP contribution in [0.1, 0.15) is 23.3 Å². The molecule has 4 heteroatoms. The van der Waals surface area contributed by atoms with E-state index >= 15 is 0 Å². The molecule has 116 valence electrons. The molecule has 1 N–H and O–H groups in total. The number of halogens is 1. The number of benzene rings is 2. The zero-order valence-electron chi connectivity index (χ0n) is 12.4. The summed E-state index contributed by atoms with van der Waals surface area (Å²) in [5.41, 5.74) is 1.48. The molecule has 0 saturated carbocycles. The van der Waals surface area contributed by atoms with E-state index in [2.05, 4.69) is 4.90 Å². The molecule has 1 aliphatic heterocycles. The summed E-state index contributed by atoms with van der Waals surface area (Å²) in [6, 6.07) is 16.3. The molecular formula is C18H20FNO2. The van der Waals surface area contributed by atoms with Gasteiger partial charge < -0.3 is 9.84 Å². The molecule has 1 saturated heterocycles. The van der Waals surface area contributed by atoms with Gasteiger partial charge in [0.2, 0.25) is 0 Å². The van der Waals surface area contributed by atoms with Crippen LogP contribution in [0.25, 0.3) is 0 Å². The van der Waals surface area contributed by atoms with Gasteiger partial charge in [-0.1, -0.05) is 48.5 Å². The Labute approximate surface area is 130 Å². The highest BCUT2D eigenvalue weighted by Gasteiger charge is 2.25. The minimum Gasteiger partial charge on any atom is -0.387 e. The summed E-state index contributed by atoms with van der Waals surface area (Å²) < 4.78 is 19.6. The third-order valence-corrected chi connectivity index (χ3v) is 4.02. The Hall–Kier alpha value is -1.75. The number of nitrogens with zero attached hydrogens (tertiary/aromatic N) is 1. The summed E-state index contributed by atoms with van der Waals surface area (Å²) in [5.74, 6) is -0.238. The highest BCUT2D eigenvalue weighted by Crippen LogP contribution is 2.25. The lowest BCUT2D eigenvalue weighted by Gasteiger charge is -2.34. The molecule has 22 heavy (non-hydrogen) atoms. The third kappa shape index (κ3) is 3.53. The molecule has 3 rings (SSSR count). The van der Waals surface area contributed by atoms with Crippen molar-refractivity contribution in [2.75, 3.05) is 26.2 Å². The number of aliphatic hydroxyl groups is 1. The van der Waals surface area contributed by atoms with Crippen LogP contribution in [0.15, 0.2) is 54.6 Å². The van der Waals surface area contributed by atoms with Crippen LogP contribution in [0.4, 0.5) is 4.39 Å². The second kappa shape index (κ2) is 7.01. The van der Waals surface area contributed by atoms with Crippen molar-refractivity contribution in [3.63, 3.8) is 0 Å². The quantitative estimate of drug-likeness (QED) is 0.942. The summed E-state index contributed by atoms with van der Waals surface area (Å²) >= 11 is 0. The van der Waals surface area contributed by atoms with Gasteiger partial charge in [0.25, 0.3) is 0 Å². The fraction of sp³-hybridized carbons (Fsp3) is 0.333. The van der Waals surface area contributed by atoms with E-state index in [1.807, 2.05) is 36.4 Å². The summed E-state index contributed by atoms with van der Waals surface area (Å²) in [7, 11) is 0. The van der Waals surface area contributed by atoms with Crippen LogP contribution < -0.4 is 0 Å². The molecule has 1 heterocycles. The smallest absolute Gasteiger partial charge is 0.129 e. The van der Waals surface area contributed by atoms with Gasteiger partial charge in [-0.3, -0.25) is 4.90 Å². The fourth-order valence-electron chi connectivity index (χ4n) is 2.82. The molecule has 2 aromatic rings. The first-order valence-electron chi connectivity index (χ1n) is 7.55. The molecular weight excluding hydrogens is 281 g/mol. The largest absolute Gasteiger partial charge is 0.387 e. The highest BCUT2D eigenvalue weighted by molar-refractivity contribution is 5.21. The van der Waals surface area contributed by atoms with Gasteiger partial charge in [-0.2, -0.15) is 0 Å². The molecule has 0 radical (unpaired) electrons. The van der Waals surface area contributed by atoms with Crippen LogP contribution in [0.3, 0.4) is 0 Å². The number of aliphatic hydroxyl groups excluding tert-OH is 1. The molecule has 0 bridgehead atoms. The van der Waals surface area contributed by atoms with Crippen molar-refractivity contribution < 1.29 is 14.2 Å². The Morgan fingerprint density at radius 1 is 1.14 bits per heavy atom. The van der Waals surface area contributed by atoms with Gasteiger partial charge in [0.1, 0.15) is 5.82 Å². The lowest BCUT2D eigenvalue weighted by Crippen LogP contribution is -2.40. The van der Waals surface area contributed by atoms with Crippen molar-refractivity contribution in [1.29, 1.82) is 0 Å². The first kappa shape index (κ1) is 15.2.